The lowest BCUT2D eigenvalue weighted by Gasteiger charge is -2.46. The average Bonchev–Trinajstić information content (AvgIpc) is 1.90. The van der Waals surface area contributed by atoms with Gasteiger partial charge < -0.3 is 10.2 Å². The molecule has 0 aliphatic carbocycles. The van der Waals surface area contributed by atoms with Crippen LogP contribution < -0.4 is 5.32 Å². The van der Waals surface area contributed by atoms with E-state index in [1.165, 1.54) is 13.1 Å². The Kier molecular flexibility index (Phi) is 4.69. The lowest BCUT2D eigenvalue weighted by molar-refractivity contribution is 0.0414. The molecule has 0 unspecified atom stereocenters. The second kappa shape index (κ2) is 4.73. The summed E-state index contributed by atoms with van der Waals surface area (Å²) in [4.78, 5) is 2.34. The van der Waals surface area contributed by atoms with Gasteiger partial charge in [0.2, 0.25) is 0 Å². The van der Waals surface area contributed by atoms with Crippen LogP contribution in [-0.2, 0) is 0 Å². The SMILES string of the molecule is CC.CNCC1(C)CN(C)C1. The molecular weight excluding hydrogens is 136 g/mol. The summed E-state index contributed by atoms with van der Waals surface area (Å²) in [5, 5.41) is 3.20. The van der Waals surface area contributed by atoms with Crippen LogP contribution in [-0.4, -0.2) is 38.6 Å². The minimum absolute atomic E-state index is 0.559. The number of nitrogens with zero attached hydrogens (tertiary/aromatic N) is 1. The average molecular weight is 158 g/mol. The second-order valence-electron chi connectivity index (χ2n) is 3.51. The standard InChI is InChI=1S/C7H16N2.C2H6/c1-7(4-8-2)5-9(3)6-7;1-2/h8H,4-6H2,1-3H3;1-2H3. The molecule has 1 heterocycles. The molecule has 68 valence electrons. The first-order chi connectivity index (χ1) is 5.16. The summed E-state index contributed by atoms with van der Waals surface area (Å²) in [7, 11) is 4.18. The fraction of sp³-hybridized carbons (Fsp3) is 1.00. The van der Waals surface area contributed by atoms with Crippen molar-refractivity contribution in [2.75, 3.05) is 33.7 Å². The monoisotopic (exact) mass is 158 g/mol. The minimum Gasteiger partial charge on any atom is -0.319 e. The smallest absolute Gasteiger partial charge is 0.00570 e. The highest BCUT2D eigenvalue weighted by Gasteiger charge is 2.35. The van der Waals surface area contributed by atoms with E-state index in [4.69, 9.17) is 0 Å². The van der Waals surface area contributed by atoms with Gasteiger partial charge >= 0.3 is 0 Å². The molecule has 1 N–H and O–H groups in total. The van der Waals surface area contributed by atoms with Crippen LogP contribution >= 0.6 is 0 Å². The number of nitrogens with one attached hydrogen (secondary N) is 1. The van der Waals surface area contributed by atoms with Gasteiger partial charge in [0.25, 0.3) is 0 Å². The van der Waals surface area contributed by atoms with Gasteiger partial charge in [-0.2, -0.15) is 0 Å². The summed E-state index contributed by atoms with van der Waals surface area (Å²) in [6.45, 7) is 9.96. The highest BCUT2D eigenvalue weighted by molar-refractivity contribution is 4.90. The molecule has 1 rings (SSSR count). The normalized spacial score (nSPS) is 21.5. The molecule has 0 saturated carbocycles. The van der Waals surface area contributed by atoms with Crippen molar-refractivity contribution in [3.63, 3.8) is 0 Å². The summed E-state index contributed by atoms with van der Waals surface area (Å²) in [5.74, 6) is 0. The molecule has 2 nitrogen and oxygen atoms in total. The lowest BCUT2D eigenvalue weighted by atomic mass is 9.82. The second-order valence-corrected chi connectivity index (χ2v) is 3.51. The van der Waals surface area contributed by atoms with Crippen molar-refractivity contribution in [2.45, 2.75) is 20.8 Å². The van der Waals surface area contributed by atoms with Crippen molar-refractivity contribution in [1.29, 1.82) is 0 Å². The zero-order valence-corrected chi connectivity index (χ0v) is 8.57. The summed E-state index contributed by atoms with van der Waals surface area (Å²) in [6.07, 6.45) is 0. The van der Waals surface area contributed by atoms with E-state index in [9.17, 15) is 0 Å². The van der Waals surface area contributed by atoms with E-state index in [0.717, 1.165) is 6.54 Å². The van der Waals surface area contributed by atoms with Gasteiger partial charge in [0.05, 0.1) is 0 Å². The maximum absolute atomic E-state index is 3.20. The molecule has 1 aliphatic rings. The van der Waals surface area contributed by atoms with Crippen LogP contribution in [0.15, 0.2) is 0 Å². The predicted molar refractivity (Wildman–Crippen MR) is 50.9 cm³/mol. The Morgan fingerprint density at radius 2 is 1.82 bits per heavy atom. The van der Waals surface area contributed by atoms with Crippen LogP contribution in [0.4, 0.5) is 0 Å². The van der Waals surface area contributed by atoms with Crippen molar-refractivity contribution in [3.05, 3.63) is 0 Å². The van der Waals surface area contributed by atoms with Gasteiger partial charge in [-0.3, -0.25) is 0 Å². The van der Waals surface area contributed by atoms with Gasteiger partial charge in [0.15, 0.2) is 0 Å². The van der Waals surface area contributed by atoms with Crippen molar-refractivity contribution < 1.29 is 0 Å². The first-order valence-corrected chi connectivity index (χ1v) is 4.49. The van der Waals surface area contributed by atoms with Crippen LogP contribution in [0.1, 0.15) is 20.8 Å². The maximum Gasteiger partial charge on any atom is 0.00570 e. The minimum atomic E-state index is 0.559. The molecule has 0 aromatic heterocycles. The zero-order valence-electron chi connectivity index (χ0n) is 8.57. The first-order valence-electron chi connectivity index (χ1n) is 4.49. The van der Waals surface area contributed by atoms with Crippen molar-refractivity contribution in [3.8, 4) is 0 Å². The number of likely N-dealkylation sites (tertiary alicyclic amines) is 1. The molecule has 0 spiro atoms. The zero-order chi connectivity index (χ0) is 8.91. The summed E-state index contributed by atoms with van der Waals surface area (Å²) < 4.78 is 0. The third kappa shape index (κ3) is 3.21. The van der Waals surface area contributed by atoms with Gasteiger partial charge in [-0.25, -0.2) is 0 Å². The molecule has 0 bridgehead atoms. The lowest BCUT2D eigenvalue weighted by Crippen LogP contribution is -2.56. The van der Waals surface area contributed by atoms with E-state index in [-0.39, 0.29) is 0 Å². The molecule has 11 heavy (non-hydrogen) atoms. The third-order valence-electron chi connectivity index (χ3n) is 1.91. The van der Waals surface area contributed by atoms with E-state index < -0.39 is 0 Å². The molecule has 0 aromatic carbocycles. The Hall–Kier alpha value is -0.0800. The molecule has 0 aromatic rings. The van der Waals surface area contributed by atoms with E-state index >= 15 is 0 Å². The largest absolute Gasteiger partial charge is 0.319 e. The molecule has 0 atom stereocenters. The molecule has 2 heteroatoms. The summed E-state index contributed by atoms with van der Waals surface area (Å²) >= 11 is 0. The summed E-state index contributed by atoms with van der Waals surface area (Å²) in [5.41, 5.74) is 0.559. The Bertz CT molecular complexity index is 90.2. The first kappa shape index (κ1) is 10.9. The molecule has 0 radical (unpaired) electrons. The Labute approximate surface area is 71.0 Å². The van der Waals surface area contributed by atoms with E-state index in [0.29, 0.717) is 5.41 Å². The Morgan fingerprint density at radius 3 is 2.09 bits per heavy atom. The summed E-state index contributed by atoms with van der Waals surface area (Å²) in [6, 6.07) is 0. The van der Waals surface area contributed by atoms with Crippen molar-refractivity contribution in [1.82, 2.24) is 10.2 Å². The molecular formula is C9H22N2. The Morgan fingerprint density at radius 1 is 1.36 bits per heavy atom. The fourth-order valence-electron chi connectivity index (χ4n) is 1.80. The van der Waals surface area contributed by atoms with Crippen LogP contribution in [0.5, 0.6) is 0 Å². The molecule has 1 aliphatic heterocycles. The molecule has 1 fully saturated rings. The van der Waals surface area contributed by atoms with Crippen LogP contribution in [0.2, 0.25) is 0 Å². The fourth-order valence-corrected chi connectivity index (χ4v) is 1.80. The third-order valence-corrected chi connectivity index (χ3v) is 1.91. The topological polar surface area (TPSA) is 15.3 Å². The number of hydrogen-bond donors (Lipinski definition) is 1. The molecule has 0 amide bonds. The Balaban J connectivity index is 0.000000461. The predicted octanol–water partition coefficient (Wildman–Crippen LogP) is 1.18. The number of hydrogen-bond acceptors (Lipinski definition) is 2. The quantitative estimate of drug-likeness (QED) is 0.649. The van der Waals surface area contributed by atoms with Gasteiger partial charge in [-0.05, 0) is 14.1 Å². The van der Waals surface area contributed by atoms with Crippen molar-refractivity contribution in [2.24, 2.45) is 5.41 Å². The van der Waals surface area contributed by atoms with E-state index in [2.05, 4.69) is 24.2 Å². The van der Waals surface area contributed by atoms with Gasteiger partial charge in [-0.15, -0.1) is 0 Å². The highest BCUT2D eigenvalue weighted by atomic mass is 15.2. The van der Waals surface area contributed by atoms with E-state index in [1.807, 2.05) is 20.9 Å². The van der Waals surface area contributed by atoms with E-state index in [1.54, 1.807) is 0 Å². The highest BCUT2D eigenvalue weighted by Crippen LogP contribution is 2.26. The molecule has 1 saturated heterocycles. The van der Waals surface area contributed by atoms with Crippen LogP contribution in [0.25, 0.3) is 0 Å². The number of rotatable bonds is 2. The van der Waals surface area contributed by atoms with Crippen LogP contribution in [0.3, 0.4) is 0 Å². The van der Waals surface area contributed by atoms with Gasteiger partial charge in [-0.1, -0.05) is 20.8 Å². The maximum atomic E-state index is 3.20. The van der Waals surface area contributed by atoms with Gasteiger partial charge in [0.1, 0.15) is 0 Å². The van der Waals surface area contributed by atoms with Gasteiger partial charge in [0, 0.05) is 25.0 Å². The van der Waals surface area contributed by atoms with Crippen molar-refractivity contribution >= 4 is 0 Å². The van der Waals surface area contributed by atoms with Crippen LogP contribution in [0, 0.1) is 5.41 Å².